The molecule has 0 aliphatic carbocycles. The molecule has 3 heterocycles. The molecule has 4 nitrogen and oxygen atoms in total. The number of nitrogens with zero attached hydrogens (tertiary/aromatic N) is 3. The van der Waals surface area contributed by atoms with E-state index in [0.29, 0.717) is 5.56 Å². The summed E-state index contributed by atoms with van der Waals surface area (Å²) in [6.07, 6.45) is 8.14. The Balaban J connectivity index is 1.76. The molecule has 0 amide bonds. The summed E-state index contributed by atoms with van der Waals surface area (Å²) in [4.78, 5) is 24.6. The van der Waals surface area contributed by atoms with Gasteiger partial charge in [-0.05, 0) is 36.4 Å². The van der Waals surface area contributed by atoms with Crippen molar-refractivity contribution >= 4 is 23.2 Å². The van der Waals surface area contributed by atoms with E-state index in [1.54, 1.807) is 36.8 Å². The number of thiazole rings is 1. The van der Waals surface area contributed by atoms with Crippen molar-refractivity contribution in [2.45, 2.75) is 0 Å². The average Bonchev–Trinajstić information content (AvgIpc) is 3.03. The van der Waals surface area contributed by atoms with Crippen molar-refractivity contribution in [3.8, 4) is 10.7 Å². The second kappa shape index (κ2) is 6.19. The highest BCUT2D eigenvalue weighted by molar-refractivity contribution is 7.13. The lowest BCUT2D eigenvalue weighted by atomic mass is 10.2. The van der Waals surface area contributed by atoms with Crippen LogP contribution in [0.25, 0.3) is 16.8 Å². The number of hydrogen-bond donors (Lipinski definition) is 0. The summed E-state index contributed by atoms with van der Waals surface area (Å²) >= 11 is 1.50. The van der Waals surface area contributed by atoms with Gasteiger partial charge in [0.25, 0.3) is 0 Å². The standard InChI is InChI=1S/C16H11N3OS/c20-15(12-4-3-8-17-10-12)7-6-13-11-21-16(19-13)14-5-1-2-9-18-14/h1-11H. The molecule has 0 bridgehead atoms. The highest BCUT2D eigenvalue weighted by Crippen LogP contribution is 2.21. The molecule has 0 saturated carbocycles. The Labute approximate surface area is 125 Å². The van der Waals surface area contributed by atoms with Crippen molar-refractivity contribution in [2.75, 3.05) is 0 Å². The van der Waals surface area contributed by atoms with Crippen LogP contribution >= 0.6 is 11.3 Å². The molecule has 0 unspecified atom stereocenters. The summed E-state index contributed by atoms with van der Waals surface area (Å²) in [5, 5.41) is 2.74. The van der Waals surface area contributed by atoms with E-state index in [9.17, 15) is 4.79 Å². The van der Waals surface area contributed by atoms with Crippen LogP contribution in [0, 0.1) is 0 Å². The van der Waals surface area contributed by atoms with Crippen molar-refractivity contribution in [1.82, 2.24) is 15.0 Å². The molecule has 0 aliphatic rings. The lowest BCUT2D eigenvalue weighted by Crippen LogP contribution is -1.94. The minimum atomic E-state index is -0.0875. The molecular formula is C16H11N3OS. The summed E-state index contributed by atoms with van der Waals surface area (Å²) in [5.41, 5.74) is 2.15. The molecule has 21 heavy (non-hydrogen) atoms. The second-order valence-corrected chi connectivity index (χ2v) is 5.09. The van der Waals surface area contributed by atoms with Crippen molar-refractivity contribution in [3.05, 3.63) is 71.6 Å². The summed E-state index contributed by atoms with van der Waals surface area (Å²) in [6.45, 7) is 0. The minimum absolute atomic E-state index is 0.0875. The first kappa shape index (κ1) is 13.3. The van der Waals surface area contributed by atoms with Gasteiger partial charge in [0.1, 0.15) is 5.01 Å². The lowest BCUT2D eigenvalue weighted by Gasteiger charge is -1.93. The van der Waals surface area contributed by atoms with Gasteiger partial charge < -0.3 is 0 Å². The third-order valence-electron chi connectivity index (χ3n) is 2.76. The molecule has 0 spiro atoms. The van der Waals surface area contributed by atoms with Gasteiger partial charge in [0.15, 0.2) is 5.78 Å². The van der Waals surface area contributed by atoms with Crippen LogP contribution in [0.3, 0.4) is 0 Å². The van der Waals surface area contributed by atoms with Crippen molar-refractivity contribution in [2.24, 2.45) is 0 Å². The molecule has 5 heteroatoms. The predicted octanol–water partition coefficient (Wildman–Crippen LogP) is 3.50. The van der Waals surface area contributed by atoms with Crippen LogP contribution < -0.4 is 0 Å². The van der Waals surface area contributed by atoms with Gasteiger partial charge in [0.05, 0.1) is 11.4 Å². The van der Waals surface area contributed by atoms with Crippen LogP contribution in [0.1, 0.15) is 16.1 Å². The SMILES string of the molecule is O=C(C=Cc1csc(-c2ccccn2)n1)c1cccnc1. The Morgan fingerprint density at radius 3 is 2.86 bits per heavy atom. The first-order valence-electron chi connectivity index (χ1n) is 6.32. The van der Waals surface area contributed by atoms with Crippen LogP contribution in [0.4, 0.5) is 0 Å². The number of carbonyl (C=O) groups is 1. The van der Waals surface area contributed by atoms with E-state index in [1.807, 2.05) is 23.6 Å². The third-order valence-corrected chi connectivity index (χ3v) is 3.64. The van der Waals surface area contributed by atoms with E-state index in [1.165, 1.54) is 17.4 Å². The fourth-order valence-electron chi connectivity index (χ4n) is 1.74. The maximum atomic E-state index is 11.9. The molecule has 3 aromatic rings. The van der Waals surface area contributed by atoms with Gasteiger partial charge in [0, 0.05) is 29.5 Å². The van der Waals surface area contributed by atoms with E-state index in [2.05, 4.69) is 15.0 Å². The largest absolute Gasteiger partial charge is 0.289 e. The smallest absolute Gasteiger partial charge is 0.187 e. The van der Waals surface area contributed by atoms with Gasteiger partial charge in [-0.3, -0.25) is 14.8 Å². The van der Waals surface area contributed by atoms with Crippen LogP contribution in [0.2, 0.25) is 0 Å². The number of ketones is 1. The summed E-state index contributed by atoms with van der Waals surface area (Å²) < 4.78 is 0. The van der Waals surface area contributed by atoms with Crippen molar-refractivity contribution in [1.29, 1.82) is 0 Å². The molecular weight excluding hydrogens is 282 g/mol. The predicted molar refractivity (Wildman–Crippen MR) is 82.9 cm³/mol. The first-order valence-corrected chi connectivity index (χ1v) is 7.20. The Hall–Kier alpha value is -2.66. The van der Waals surface area contributed by atoms with Gasteiger partial charge in [-0.2, -0.15) is 0 Å². The molecule has 3 aromatic heterocycles. The number of allylic oxidation sites excluding steroid dienone is 1. The molecule has 0 radical (unpaired) electrons. The highest BCUT2D eigenvalue weighted by Gasteiger charge is 2.04. The Bertz CT molecular complexity index is 766. The number of aromatic nitrogens is 3. The van der Waals surface area contributed by atoms with Crippen LogP contribution in [0.5, 0.6) is 0 Å². The molecule has 0 aliphatic heterocycles. The molecule has 3 rings (SSSR count). The second-order valence-electron chi connectivity index (χ2n) is 4.23. The number of pyridine rings is 2. The molecule has 0 fully saturated rings. The fourth-order valence-corrected chi connectivity index (χ4v) is 2.50. The Morgan fingerprint density at radius 1 is 1.14 bits per heavy atom. The van der Waals surface area contributed by atoms with Crippen molar-refractivity contribution in [3.63, 3.8) is 0 Å². The van der Waals surface area contributed by atoms with Gasteiger partial charge in [-0.1, -0.05) is 6.07 Å². The third kappa shape index (κ3) is 3.27. The zero-order valence-corrected chi connectivity index (χ0v) is 11.8. The Morgan fingerprint density at radius 2 is 2.10 bits per heavy atom. The average molecular weight is 293 g/mol. The fraction of sp³-hybridized carbons (Fsp3) is 0. The van der Waals surface area contributed by atoms with Crippen LogP contribution in [0.15, 0.2) is 60.4 Å². The number of carbonyl (C=O) groups excluding carboxylic acids is 1. The van der Waals surface area contributed by atoms with Crippen LogP contribution in [-0.4, -0.2) is 20.7 Å². The molecule has 0 saturated heterocycles. The van der Waals surface area contributed by atoms with E-state index < -0.39 is 0 Å². The van der Waals surface area contributed by atoms with Gasteiger partial charge in [-0.15, -0.1) is 11.3 Å². The van der Waals surface area contributed by atoms with E-state index in [-0.39, 0.29) is 5.78 Å². The van der Waals surface area contributed by atoms with Crippen molar-refractivity contribution < 1.29 is 4.79 Å². The normalized spacial score (nSPS) is 10.9. The summed E-state index contributed by atoms with van der Waals surface area (Å²) in [7, 11) is 0. The maximum absolute atomic E-state index is 11.9. The number of rotatable bonds is 4. The van der Waals surface area contributed by atoms with Crippen LogP contribution in [-0.2, 0) is 0 Å². The maximum Gasteiger partial charge on any atom is 0.187 e. The molecule has 0 aromatic carbocycles. The lowest BCUT2D eigenvalue weighted by molar-refractivity contribution is 0.104. The zero-order chi connectivity index (χ0) is 14.5. The monoisotopic (exact) mass is 293 g/mol. The Kier molecular flexibility index (Phi) is 3.93. The van der Waals surface area contributed by atoms with E-state index >= 15 is 0 Å². The quantitative estimate of drug-likeness (QED) is 0.546. The topological polar surface area (TPSA) is 55.7 Å². The highest BCUT2D eigenvalue weighted by atomic mass is 32.1. The molecule has 102 valence electrons. The summed E-state index contributed by atoms with van der Waals surface area (Å²) in [6, 6.07) is 9.17. The van der Waals surface area contributed by atoms with E-state index in [0.717, 1.165) is 16.4 Å². The molecule has 0 N–H and O–H groups in total. The van der Waals surface area contributed by atoms with E-state index in [4.69, 9.17) is 0 Å². The van der Waals surface area contributed by atoms with Gasteiger partial charge >= 0.3 is 0 Å². The zero-order valence-electron chi connectivity index (χ0n) is 11.0. The molecule has 0 atom stereocenters. The summed E-state index contributed by atoms with van der Waals surface area (Å²) in [5.74, 6) is -0.0875. The van der Waals surface area contributed by atoms with Gasteiger partial charge in [0.2, 0.25) is 0 Å². The van der Waals surface area contributed by atoms with Gasteiger partial charge in [-0.25, -0.2) is 4.98 Å². The minimum Gasteiger partial charge on any atom is -0.289 e. The number of hydrogen-bond acceptors (Lipinski definition) is 5. The first-order chi connectivity index (χ1) is 10.3.